The first-order valence-electron chi connectivity index (χ1n) is 6.81. The molecule has 0 aliphatic heterocycles. The van der Waals surface area contributed by atoms with Gasteiger partial charge in [-0.2, -0.15) is 0 Å². The van der Waals surface area contributed by atoms with Gasteiger partial charge >= 0.3 is 0 Å². The highest BCUT2D eigenvalue weighted by Gasteiger charge is 2.44. The lowest BCUT2D eigenvalue weighted by molar-refractivity contribution is 0.503. The molecule has 1 aliphatic rings. The largest absolute Gasteiger partial charge is 0.311 e. The van der Waals surface area contributed by atoms with Crippen molar-refractivity contribution in [3.05, 3.63) is 59.7 Å². The van der Waals surface area contributed by atoms with Gasteiger partial charge in [-0.1, -0.05) is 30.3 Å². The smallest absolute Gasteiger partial charge is 0.125 e. The van der Waals surface area contributed by atoms with E-state index >= 15 is 0 Å². The van der Waals surface area contributed by atoms with Crippen LogP contribution < -0.4 is 5.32 Å². The van der Waals surface area contributed by atoms with E-state index in [0.29, 0.717) is 17.9 Å². The third-order valence-corrected chi connectivity index (χ3v) is 3.92. The number of nitrogens with one attached hydrogen (secondary N) is 1. The predicted octanol–water partition coefficient (Wildman–Crippen LogP) is 2.85. The number of benzene rings is 1. The van der Waals surface area contributed by atoms with Gasteiger partial charge in [-0.15, -0.1) is 0 Å². The first-order valence-corrected chi connectivity index (χ1v) is 6.81. The Labute approximate surface area is 114 Å². The molecule has 0 bridgehead atoms. The van der Waals surface area contributed by atoms with Gasteiger partial charge in [-0.25, -0.2) is 9.97 Å². The van der Waals surface area contributed by atoms with E-state index < -0.39 is 0 Å². The molecular formula is C16H19N3. The summed E-state index contributed by atoms with van der Waals surface area (Å²) >= 11 is 0. The van der Waals surface area contributed by atoms with Crippen LogP contribution in [0.2, 0.25) is 0 Å². The molecule has 3 atom stereocenters. The van der Waals surface area contributed by atoms with Crippen LogP contribution in [-0.4, -0.2) is 17.0 Å². The van der Waals surface area contributed by atoms with Crippen LogP contribution in [-0.2, 0) is 0 Å². The molecule has 19 heavy (non-hydrogen) atoms. The predicted molar refractivity (Wildman–Crippen MR) is 75.9 cm³/mol. The molecule has 0 saturated heterocycles. The lowest BCUT2D eigenvalue weighted by Gasteiger charge is -2.16. The average molecular weight is 253 g/mol. The fourth-order valence-electron chi connectivity index (χ4n) is 2.90. The highest BCUT2D eigenvalue weighted by Crippen LogP contribution is 2.53. The normalized spacial score (nSPS) is 23.1. The maximum atomic E-state index is 4.56. The number of hydrogen-bond acceptors (Lipinski definition) is 3. The van der Waals surface area contributed by atoms with Crippen molar-refractivity contribution in [1.29, 1.82) is 0 Å². The first kappa shape index (κ1) is 12.3. The Bertz CT molecular complexity index is 553. The van der Waals surface area contributed by atoms with E-state index in [-0.39, 0.29) is 0 Å². The Morgan fingerprint density at radius 2 is 2.00 bits per heavy atom. The summed E-state index contributed by atoms with van der Waals surface area (Å²) in [5, 5.41) is 3.42. The van der Waals surface area contributed by atoms with E-state index in [2.05, 4.69) is 45.6 Å². The lowest BCUT2D eigenvalue weighted by Crippen LogP contribution is -2.20. The van der Waals surface area contributed by atoms with Crippen LogP contribution in [0.5, 0.6) is 0 Å². The minimum atomic E-state index is 0.326. The van der Waals surface area contributed by atoms with Gasteiger partial charge in [0, 0.05) is 6.20 Å². The second kappa shape index (κ2) is 5.10. The second-order valence-corrected chi connectivity index (χ2v) is 5.21. The van der Waals surface area contributed by atoms with Gasteiger partial charge in [0.15, 0.2) is 0 Å². The molecule has 1 aliphatic carbocycles. The van der Waals surface area contributed by atoms with E-state index in [1.807, 2.05) is 26.2 Å². The summed E-state index contributed by atoms with van der Waals surface area (Å²) in [7, 11) is 2.02. The SMILES string of the molecule is CNC(c1ccnc(C)n1)C1CC1c1ccccc1. The standard InChI is InChI=1S/C16H19N3/c1-11-18-9-8-15(19-11)16(17-2)14-10-13(14)12-6-4-3-5-7-12/h3-9,13-14,16-17H,10H2,1-2H3. The molecule has 3 rings (SSSR count). The maximum absolute atomic E-state index is 4.56. The molecule has 1 heterocycles. The van der Waals surface area contributed by atoms with Gasteiger partial charge in [0.25, 0.3) is 0 Å². The third-order valence-electron chi connectivity index (χ3n) is 3.92. The highest BCUT2D eigenvalue weighted by atomic mass is 15.0. The molecule has 98 valence electrons. The van der Waals surface area contributed by atoms with Gasteiger partial charge in [0.2, 0.25) is 0 Å². The summed E-state index contributed by atoms with van der Waals surface area (Å²) in [5.74, 6) is 2.14. The first-order chi connectivity index (χ1) is 9.29. The lowest BCUT2D eigenvalue weighted by atomic mass is 10.0. The Hall–Kier alpha value is -1.74. The molecule has 1 aromatic carbocycles. The molecule has 3 unspecified atom stereocenters. The van der Waals surface area contributed by atoms with Gasteiger partial charge in [-0.3, -0.25) is 0 Å². The van der Waals surface area contributed by atoms with E-state index in [0.717, 1.165) is 11.5 Å². The minimum Gasteiger partial charge on any atom is -0.311 e. The van der Waals surface area contributed by atoms with Gasteiger partial charge < -0.3 is 5.32 Å². The molecule has 3 heteroatoms. The van der Waals surface area contributed by atoms with E-state index in [9.17, 15) is 0 Å². The summed E-state index contributed by atoms with van der Waals surface area (Å²) in [6.45, 7) is 1.94. The number of rotatable bonds is 4. The van der Waals surface area contributed by atoms with Crippen molar-refractivity contribution in [2.75, 3.05) is 7.05 Å². The third kappa shape index (κ3) is 2.51. The molecule has 0 radical (unpaired) electrons. The molecule has 0 spiro atoms. The van der Waals surface area contributed by atoms with Crippen LogP contribution in [0.25, 0.3) is 0 Å². The van der Waals surface area contributed by atoms with Crippen molar-refractivity contribution in [3.63, 3.8) is 0 Å². The Morgan fingerprint density at radius 3 is 2.68 bits per heavy atom. The zero-order chi connectivity index (χ0) is 13.2. The minimum absolute atomic E-state index is 0.326. The van der Waals surface area contributed by atoms with E-state index in [4.69, 9.17) is 0 Å². The number of nitrogens with zero attached hydrogens (tertiary/aromatic N) is 2. The highest BCUT2D eigenvalue weighted by molar-refractivity contribution is 5.28. The van der Waals surface area contributed by atoms with Crippen LogP contribution in [0.1, 0.15) is 35.5 Å². The topological polar surface area (TPSA) is 37.8 Å². The summed E-state index contributed by atoms with van der Waals surface area (Å²) in [4.78, 5) is 8.73. The van der Waals surface area contributed by atoms with Crippen LogP contribution in [0, 0.1) is 12.8 Å². The molecule has 3 nitrogen and oxygen atoms in total. The van der Waals surface area contributed by atoms with E-state index in [1.54, 1.807) is 0 Å². The van der Waals surface area contributed by atoms with Gasteiger partial charge in [0.05, 0.1) is 11.7 Å². The Balaban J connectivity index is 1.79. The van der Waals surface area contributed by atoms with Crippen LogP contribution in [0.4, 0.5) is 0 Å². The summed E-state index contributed by atoms with van der Waals surface area (Å²) in [5.41, 5.74) is 2.55. The number of aromatic nitrogens is 2. The van der Waals surface area contributed by atoms with Crippen molar-refractivity contribution in [2.45, 2.75) is 25.3 Å². The van der Waals surface area contributed by atoms with Crippen molar-refractivity contribution in [1.82, 2.24) is 15.3 Å². The molecule has 0 amide bonds. The average Bonchev–Trinajstić information content (AvgIpc) is 3.21. The van der Waals surface area contributed by atoms with Gasteiger partial charge in [-0.05, 0) is 43.9 Å². The molecule has 1 saturated carbocycles. The maximum Gasteiger partial charge on any atom is 0.125 e. The van der Waals surface area contributed by atoms with Crippen molar-refractivity contribution in [3.8, 4) is 0 Å². The summed E-state index contributed by atoms with van der Waals surface area (Å²) < 4.78 is 0. The van der Waals surface area contributed by atoms with E-state index in [1.165, 1.54) is 12.0 Å². The van der Waals surface area contributed by atoms with Crippen molar-refractivity contribution >= 4 is 0 Å². The summed E-state index contributed by atoms with van der Waals surface area (Å²) in [6, 6.07) is 13.1. The van der Waals surface area contributed by atoms with Crippen molar-refractivity contribution in [2.24, 2.45) is 5.92 Å². The second-order valence-electron chi connectivity index (χ2n) is 5.21. The quantitative estimate of drug-likeness (QED) is 0.910. The summed E-state index contributed by atoms with van der Waals surface area (Å²) in [6.07, 6.45) is 3.08. The zero-order valence-corrected chi connectivity index (χ0v) is 11.4. The zero-order valence-electron chi connectivity index (χ0n) is 11.4. The van der Waals surface area contributed by atoms with Crippen molar-refractivity contribution < 1.29 is 0 Å². The van der Waals surface area contributed by atoms with Gasteiger partial charge in [0.1, 0.15) is 5.82 Å². The van der Waals surface area contributed by atoms with Crippen LogP contribution >= 0.6 is 0 Å². The number of aryl methyl sites for hydroxylation is 1. The van der Waals surface area contributed by atoms with Crippen LogP contribution in [0.3, 0.4) is 0 Å². The molecule has 1 N–H and O–H groups in total. The molecule has 1 fully saturated rings. The molecule has 2 aromatic rings. The Morgan fingerprint density at radius 1 is 1.21 bits per heavy atom. The van der Waals surface area contributed by atoms with Crippen LogP contribution in [0.15, 0.2) is 42.6 Å². The fourth-order valence-corrected chi connectivity index (χ4v) is 2.90. The molecular weight excluding hydrogens is 234 g/mol. The Kier molecular flexibility index (Phi) is 3.30. The molecule has 1 aromatic heterocycles. The number of hydrogen-bond donors (Lipinski definition) is 1. The monoisotopic (exact) mass is 253 g/mol. The fraction of sp³-hybridized carbons (Fsp3) is 0.375.